The molecule has 1 aromatic rings. The summed E-state index contributed by atoms with van der Waals surface area (Å²) in [5, 5.41) is 0. The maximum absolute atomic E-state index is 5.34. The van der Waals surface area contributed by atoms with Crippen LogP contribution >= 0.6 is 15.9 Å². The topological polar surface area (TPSA) is 9.23 Å². The van der Waals surface area contributed by atoms with Gasteiger partial charge in [-0.15, -0.1) is 0 Å². The van der Waals surface area contributed by atoms with Gasteiger partial charge in [0.2, 0.25) is 0 Å². The Morgan fingerprint density at radius 3 is 3.00 bits per heavy atom. The van der Waals surface area contributed by atoms with Crippen molar-refractivity contribution in [2.24, 2.45) is 0 Å². The molecule has 0 N–H and O–H groups in total. The SMILES string of the molecule is C=C1COCc2cc(Br)ccc21. The standard InChI is InChI=1S/C10H9BrO/c1-7-5-12-6-8-4-9(11)2-3-10(7)8/h2-4H,1,5-6H2. The highest BCUT2D eigenvalue weighted by Gasteiger charge is 2.11. The van der Waals surface area contributed by atoms with Crippen LogP contribution in [0.15, 0.2) is 29.3 Å². The molecular formula is C10H9BrO. The third-order valence-corrected chi connectivity index (χ3v) is 2.48. The molecule has 0 bridgehead atoms. The van der Waals surface area contributed by atoms with Gasteiger partial charge < -0.3 is 4.74 Å². The van der Waals surface area contributed by atoms with Crippen LogP contribution in [0.4, 0.5) is 0 Å². The molecule has 0 spiro atoms. The number of ether oxygens (including phenoxy) is 1. The van der Waals surface area contributed by atoms with Crippen LogP contribution in [0.3, 0.4) is 0 Å². The van der Waals surface area contributed by atoms with E-state index in [2.05, 4.69) is 34.6 Å². The fourth-order valence-electron chi connectivity index (χ4n) is 1.39. The minimum Gasteiger partial charge on any atom is -0.372 e. The highest BCUT2D eigenvalue weighted by Crippen LogP contribution is 2.26. The Labute approximate surface area is 80.2 Å². The van der Waals surface area contributed by atoms with Crippen molar-refractivity contribution in [2.75, 3.05) is 6.61 Å². The third-order valence-electron chi connectivity index (χ3n) is 1.98. The summed E-state index contributed by atoms with van der Waals surface area (Å²) in [6.45, 7) is 5.31. The van der Waals surface area contributed by atoms with E-state index in [0.717, 1.165) is 10.0 Å². The van der Waals surface area contributed by atoms with E-state index in [9.17, 15) is 0 Å². The largest absolute Gasteiger partial charge is 0.372 e. The third kappa shape index (κ3) is 1.32. The second-order valence-electron chi connectivity index (χ2n) is 2.90. The number of halogens is 1. The Kier molecular flexibility index (Phi) is 2.03. The highest BCUT2D eigenvalue weighted by atomic mass is 79.9. The van der Waals surface area contributed by atoms with E-state index in [4.69, 9.17) is 4.74 Å². The van der Waals surface area contributed by atoms with Crippen LogP contribution in [0.25, 0.3) is 5.57 Å². The van der Waals surface area contributed by atoms with Crippen LogP contribution in [0, 0.1) is 0 Å². The second-order valence-corrected chi connectivity index (χ2v) is 3.81. The second kappa shape index (κ2) is 3.04. The van der Waals surface area contributed by atoms with Crippen molar-refractivity contribution in [3.63, 3.8) is 0 Å². The monoisotopic (exact) mass is 224 g/mol. The Morgan fingerprint density at radius 1 is 1.33 bits per heavy atom. The van der Waals surface area contributed by atoms with Crippen LogP contribution in [-0.4, -0.2) is 6.61 Å². The summed E-state index contributed by atoms with van der Waals surface area (Å²) in [6.07, 6.45) is 0. The highest BCUT2D eigenvalue weighted by molar-refractivity contribution is 9.10. The number of rotatable bonds is 0. The molecule has 1 aromatic carbocycles. The number of hydrogen-bond acceptors (Lipinski definition) is 1. The van der Waals surface area contributed by atoms with E-state index in [-0.39, 0.29) is 0 Å². The molecule has 0 saturated heterocycles. The predicted molar refractivity (Wildman–Crippen MR) is 52.8 cm³/mol. The van der Waals surface area contributed by atoms with Gasteiger partial charge in [0.1, 0.15) is 0 Å². The summed E-state index contributed by atoms with van der Waals surface area (Å²) < 4.78 is 6.44. The first-order valence-corrected chi connectivity index (χ1v) is 4.61. The first-order chi connectivity index (χ1) is 5.77. The maximum Gasteiger partial charge on any atom is 0.0727 e. The molecule has 62 valence electrons. The van der Waals surface area contributed by atoms with Crippen molar-refractivity contribution in [3.8, 4) is 0 Å². The van der Waals surface area contributed by atoms with Gasteiger partial charge in [-0.1, -0.05) is 28.6 Å². The number of benzene rings is 1. The van der Waals surface area contributed by atoms with Gasteiger partial charge in [0.25, 0.3) is 0 Å². The average Bonchev–Trinajstić information content (AvgIpc) is 2.04. The lowest BCUT2D eigenvalue weighted by molar-refractivity contribution is 0.146. The van der Waals surface area contributed by atoms with Gasteiger partial charge >= 0.3 is 0 Å². The van der Waals surface area contributed by atoms with E-state index in [1.807, 2.05) is 6.07 Å². The van der Waals surface area contributed by atoms with Crippen molar-refractivity contribution in [1.29, 1.82) is 0 Å². The Morgan fingerprint density at radius 2 is 2.17 bits per heavy atom. The molecule has 1 aliphatic heterocycles. The van der Waals surface area contributed by atoms with Gasteiger partial charge in [0.05, 0.1) is 13.2 Å². The normalized spacial score (nSPS) is 15.9. The molecule has 2 heteroatoms. The molecule has 12 heavy (non-hydrogen) atoms. The molecule has 0 saturated carbocycles. The number of hydrogen-bond donors (Lipinski definition) is 0. The van der Waals surface area contributed by atoms with E-state index >= 15 is 0 Å². The van der Waals surface area contributed by atoms with Crippen LogP contribution in [0.1, 0.15) is 11.1 Å². The van der Waals surface area contributed by atoms with Crippen LogP contribution < -0.4 is 0 Å². The fourth-order valence-corrected chi connectivity index (χ4v) is 1.80. The van der Waals surface area contributed by atoms with Gasteiger partial charge in [-0.3, -0.25) is 0 Å². The van der Waals surface area contributed by atoms with Crippen molar-refractivity contribution in [1.82, 2.24) is 0 Å². The molecule has 0 radical (unpaired) electrons. The van der Waals surface area contributed by atoms with Gasteiger partial charge in [-0.2, -0.15) is 0 Å². The lowest BCUT2D eigenvalue weighted by atomic mass is 10.0. The molecule has 1 nitrogen and oxygen atoms in total. The first kappa shape index (κ1) is 8.02. The van der Waals surface area contributed by atoms with Gasteiger partial charge in [0.15, 0.2) is 0 Å². The summed E-state index contributed by atoms with van der Waals surface area (Å²) in [6, 6.07) is 6.21. The van der Waals surface area contributed by atoms with Crippen molar-refractivity contribution in [2.45, 2.75) is 6.61 Å². The van der Waals surface area contributed by atoms with Crippen LogP contribution in [0.5, 0.6) is 0 Å². The molecule has 0 aliphatic carbocycles. The predicted octanol–water partition coefficient (Wildman–Crippen LogP) is 2.99. The van der Waals surface area contributed by atoms with E-state index in [1.54, 1.807) is 0 Å². The zero-order valence-corrected chi connectivity index (χ0v) is 8.23. The van der Waals surface area contributed by atoms with E-state index < -0.39 is 0 Å². The van der Waals surface area contributed by atoms with Gasteiger partial charge in [-0.25, -0.2) is 0 Å². The molecule has 2 rings (SSSR count). The zero-order valence-electron chi connectivity index (χ0n) is 6.64. The minimum atomic E-state index is 0.661. The zero-order chi connectivity index (χ0) is 8.55. The summed E-state index contributed by atoms with van der Waals surface area (Å²) >= 11 is 3.43. The van der Waals surface area contributed by atoms with Crippen molar-refractivity contribution >= 4 is 21.5 Å². The quantitative estimate of drug-likeness (QED) is 0.659. The maximum atomic E-state index is 5.34. The molecular weight excluding hydrogens is 216 g/mol. The minimum absolute atomic E-state index is 0.661. The van der Waals surface area contributed by atoms with Gasteiger partial charge in [0, 0.05) is 4.47 Å². The van der Waals surface area contributed by atoms with Gasteiger partial charge in [-0.05, 0) is 28.8 Å². The molecule has 0 unspecified atom stereocenters. The average molecular weight is 225 g/mol. The van der Waals surface area contributed by atoms with Crippen molar-refractivity contribution in [3.05, 3.63) is 40.4 Å². The van der Waals surface area contributed by atoms with Crippen LogP contribution in [0.2, 0.25) is 0 Å². The molecule has 0 amide bonds. The summed E-state index contributed by atoms with van der Waals surface area (Å²) in [7, 11) is 0. The molecule has 1 heterocycles. The van der Waals surface area contributed by atoms with Crippen molar-refractivity contribution < 1.29 is 4.74 Å². The summed E-state index contributed by atoms with van der Waals surface area (Å²) in [4.78, 5) is 0. The summed E-state index contributed by atoms with van der Waals surface area (Å²) in [5.74, 6) is 0. The first-order valence-electron chi connectivity index (χ1n) is 3.82. The lowest BCUT2D eigenvalue weighted by Gasteiger charge is -2.18. The molecule has 1 aliphatic rings. The lowest BCUT2D eigenvalue weighted by Crippen LogP contribution is -2.07. The Bertz CT molecular complexity index is 331. The smallest absolute Gasteiger partial charge is 0.0727 e. The summed E-state index contributed by atoms with van der Waals surface area (Å²) in [5.41, 5.74) is 3.54. The molecule has 0 atom stereocenters. The fraction of sp³-hybridized carbons (Fsp3) is 0.200. The van der Waals surface area contributed by atoms with Crippen LogP contribution in [-0.2, 0) is 11.3 Å². The molecule has 0 fully saturated rings. The van der Waals surface area contributed by atoms with E-state index in [1.165, 1.54) is 11.1 Å². The Balaban J connectivity index is 2.53. The van der Waals surface area contributed by atoms with E-state index in [0.29, 0.717) is 13.2 Å². The molecule has 0 aromatic heterocycles. The Hall–Kier alpha value is -0.600. The number of fused-ring (bicyclic) bond motifs is 1.